The summed E-state index contributed by atoms with van der Waals surface area (Å²) in [6.07, 6.45) is 4.81. The number of thiazole rings is 1. The van der Waals surface area contributed by atoms with Crippen molar-refractivity contribution in [2.75, 3.05) is 0 Å². The van der Waals surface area contributed by atoms with Gasteiger partial charge >= 0.3 is 5.76 Å². The zero-order valence-corrected chi connectivity index (χ0v) is 11.7. The Bertz CT molecular complexity index is 739. The molecule has 0 N–H and O–H groups in total. The van der Waals surface area contributed by atoms with E-state index in [1.165, 1.54) is 16.0 Å². The maximum atomic E-state index is 11.6. The van der Waals surface area contributed by atoms with Crippen LogP contribution in [0.4, 0.5) is 0 Å². The van der Waals surface area contributed by atoms with Crippen LogP contribution in [0.25, 0.3) is 10.6 Å². The monoisotopic (exact) mass is 291 g/mol. The van der Waals surface area contributed by atoms with Crippen molar-refractivity contribution in [3.63, 3.8) is 0 Å². The molecule has 3 rings (SSSR count). The number of rotatable bonds is 5. The molecule has 0 aliphatic carbocycles. The lowest BCUT2D eigenvalue weighted by atomic mass is 10.3. The van der Waals surface area contributed by atoms with Crippen molar-refractivity contribution in [2.24, 2.45) is 0 Å². The third-order valence-electron chi connectivity index (χ3n) is 2.74. The molecule has 0 aliphatic rings. The van der Waals surface area contributed by atoms with E-state index in [2.05, 4.69) is 10.1 Å². The van der Waals surface area contributed by atoms with Crippen LogP contribution < -0.4 is 5.76 Å². The van der Waals surface area contributed by atoms with Gasteiger partial charge in [0.05, 0.1) is 18.5 Å². The highest BCUT2D eigenvalue weighted by atomic mass is 32.1. The Kier molecular flexibility index (Phi) is 3.51. The summed E-state index contributed by atoms with van der Waals surface area (Å²) in [6.45, 7) is 2.33. The second-order valence-electron chi connectivity index (χ2n) is 4.33. The van der Waals surface area contributed by atoms with E-state index < -0.39 is 5.76 Å². The number of nitrogens with zero attached hydrogens (tertiary/aromatic N) is 3. The summed E-state index contributed by atoms with van der Waals surface area (Å²) >= 11 is 1.50. The summed E-state index contributed by atoms with van der Waals surface area (Å²) in [5, 5.41) is 6.92. The average Bonchev–Trinajstić information content (AvgIpc) is 3.13. The smallest absolute Gasteiger partial charge is 0.437 e. The quantitative estimate of drug-likeness (QED) is 0.722. The van der Waals surface area contributed by atoms with Crippen LogP contribution in [0.3, 0.4) is 0 Å². The fourth-order valence-electron chi connectivity index (χ4n) is 1.82. The Morgan fingerprint density at radius 1 is 1.45 bits per heavy atom. The molecule has 3 aromatic heterocycles. The van der Waals surface area contributed by atoms with Crippen molar-refractivity contribution in [1.82, 2.24) is 14.8 Å². The third kappa shape index (κ3) is 2.57. The number of aromatic nitrogens is 3. The van der Waals surface area contributed by atoms with Crippen molar-refractivity contribution in [2.45, 2.75) is 26.3 Å². The number of hydrogen-bond donors (Lipinski definition) is 0. The van der Waals surface area contributed by atoms with Crippen molar-refractivity contribution >= 4 is 11.3 Å². The van der Waals surface area contributed by atoms with Gasteiger partial charge in [-0.25, -0.2) is 9.78 Å². The first-order valence-electron chi connectivity index (χ1n) is 6.30. The Morgan fingerprint density at radius 3 is 3.10 bits per heavy atom. The lowest BCUT2D eigenvalue weighted by Crippen LogP contribution is -2.16. The molecule has 0 fully saturated rings. The molecule has 0 amide bonds. The molecule has 0 radical (unpaired) electrons. The standard InChI is InChI=1S/C13H13N3O3S/c1-2-3-11-15-16(13(17)19-11)6-10-8-20-12(14-10)9-4-5-18-7-9/h4-5,7-8H,2-3,6H2,1H3. The van der Waals surface area contributed by atoms with Crippen molar-refractivity contribution < 1.29 is 8.83 Å². The van der Waals surface area contributed by atoms with Gasteiger partial charge in [-0.3, -0.25) is 0 Å². The zero-order valence-electron chi connectivity index (χ0n) is 10.9. The van der Waals surface area contributed by atoms with Crippen LogP contribution in [0, 0.1) is 0 Å². The van der Waals surface area contributed by atoms with Crippen LogP contribution >= 0.6 is 11.3 Å². The first-order chi connectivity index (χ1) is 9.76. The Morgan fingerprint density at radius 2 is 2.35 bits per heavy atom. The van der Waals surface area contributed by atoms with E-state index in [9.17, 15) is 4.79 Å². The molecule has 7 heteroatoms. The molecule has 0 bridgehead atoms. The Hall–Kier alpha value is -2.15. The SMILES string of the molecule is CCCc1nn(Cc2csc(-c3ccoc3)n2)c(=O)o1. The summed E-state index contributed by atoms with van der Waals surface area (Å²) in [5.41, 5.74) is 1.71. The lowest BCUT2D eigenvalue weighted by molar-refractivity contribution is 0.448. The van der Waals surface area contributed by atoms with Gasteiger partial charge in [-0.2, -0.15) is 4.68 Å². The van der Waals surface area contributed by atoms with Gasteiger partial charge in [0.15, 0.2) is 0 Å². The molecule has 20 heavy (non-hydrogen) atoms. The molecule has 0 spiro atoms. The van der Waals surface area contributed by atoms with Crippen LogP contribution in [0.15, 0.2) is 37.6 Å². The Balaban J connectivity index is 1.80. The highest BCUT2D eigenvalue weighted by Crippen LogP contribution is 2.24. The number of hydrogen-bond acceptors (Lipinski definition) is 6. The van der Waals surface area contributed by atoms with E-state index in [4.69, 9.17) is 8.83 Å². The molecule has 0 aromatic carbocycles. The minimum Gasteiger partial charge on any atom is -0.472 e. The first-order valence-corrected chi connectivity index (χ1v) is 7.18. The van der Waals surface area contributed by atoms with Crippen LogP contribution in [0.1, 0.15) is 24.9 Å². The second-order valence-corrected chi connectivity index (χ2v) is 5.18. The number of furan rings is 1. The van der Waals surface area contributed by atoms with Gasteiger partial charge in [-0.1, -0.05) is 6.92 Å². The van der Waals surface area contributed by atoms with E-state index in [-0.39, 0.29) is 0 Å². The van der Waals surface area contributed by atoms with Gasteiger partial charge in [0.25, 0.3) is 0 Å². The molecule has 0 saturated heterocycles. The topological polar surface area (TPSA) is 74.1 Å². The largest absolute Gasteiger partial charge is 0.472 e. The predicted octanol–water partition coefficient (Wildman–Crippen LogP) is 2.55. The minimum atomic E-state index is -0.439. The third-order valence-corrected chi connectivity index (χ3v) is 3.68. The molecule has 0 unspecified atom stereocenters. The first kappa shape index (κ1) is 12.9. The van der Waals surface area contributed by atoms with Crippen LogP contribution in [-0.2, 0) is 13.0 Å². The minimum absolute atomic E-state index is 0.320. The predicted molar refractivity (Wildman–Crippen MR) is 73.7 cm³/mol. The summed E-state index contributed by atoms with van der Waals surface area (Å²) < 4.78 is 11.4. The van der Waals surface area contributed by atoms with Crippen LogP contribution in [-0.4, -0.2) is 14.8 Å². The molecule has 104 valence electrons. The van der Waals surface area contributed by atoms with Crippen LogP contribution in [0.2, 0.25) is 0 Å². The molecule has 0 atom stereocenters. The average molecular weight is 291 g/mol. The molecule has 0 aliphatic heterocycles. The molecular formula is C13H13N3O3S. The zero-order chi connectivity index (χ0) is 13.9. The van der Waals surface area contributed by atoms with Gasteiger partial charge in [0, 0.05) is 17.4 Å². The summed E-state index contributed by atoms with van der Waals surface area (Å²) in [4.78, 5) is 16.1. The van der Waals surface area contributed by atoms with Gasteiger partial charge < -0.3 is 8.83 Å². The fraction of sp³-hybridized carbons (Fsp3) is 0.308. The summed E-state index contributed by atoms with van der Waals surface area (Å²) in [6, 6.07) is 1.85. The van der Waals surface area contributed by atoms with E-state index in [0.717, 1.165) is 22.7 Å². The summed E-state index contributed by atoms with van der Waals surface area (Å²) in [7, 11) is 0. The molecule has 0 saturated carbocycles. The van der Waals surface area contributed by atoms with Crippen molar-refractivity contribution in [3.05, 3.63) is 46.1 Å². The number of aryl methyl sites for hydroxylation is 1. The fourth-order valence-corrected chi connectivity index (χ4v) is 2.61. The highest BCUT2D eigenvalue weighted by molar-refractivity contribution is 7.13. The maximum Gasteiger partial charge on any atom is 0.437 e. The molecular weight excluding hydrogens is 278 g/mol. The maximum absolute atomic E-state index is 11.6. The van der Waals surface area contributed by atoms with Gasteiger partial charge in [0.1, 0.15) is 11.3 Å². The molecule has 6 nitrogen and oxygen atoms in total. The molecule has 3 aromatic rings. The van der Waals surface area contributed by atoms with E-state index >= 15 is 0 Å². The van der Waals surface area contributed by atoms with Crippen LogP contribution in [0.5, 0.6) is 0 Å². The van der Waals surface area contributed by atoms with E-state index in [1.54, 1.807) is 12.5 Å². The molecule has 3 heterocycles. The van der Waals surface area contributed by atoms with Crippen molar-refractivity contribution in [3.8, 4) is 10.6 Å². The highest BCUT2D eigenvalue weighted by Gasteiger charge is 2.11. The second kappa shape index (κ2) is 5.46. The van der Waals surface area contributed by atoms with Gasteiger partial charge in [-0.15, -0.1) is 16.4 Å². The normalized spacial score (nSPS) is 11.1. The Labute approximate surface area is 118 Å². The van der Waals surface area contributed by atoms with E-state index in [1.807, 2.05) is 18.4 Å². The van der Waals surface area contributed by atoms with Gasteiger partial charge in [0.2, 0.25) is 5.89 Å². The van der Waals surface area contributed by atoms with Gasteiger partial charge in [-0.05, 0) is 12.5 Å². The van der Waals surface area contributed by atoms with Crippen molar-refractivity contribution in [1.29, 1.82) is 0 Å². The summed E-state index contributed by atoms with van der Waals surface area (Å²) in [5.74, 6) is 0.0362. The van der Waals surface area contributed by atoms with E-state index in [0.29, 0.717) is 18.9 Å². The lowest BCUT2D eigenvalue weighted by Gasteiger charge is -1.93.